The largest absolute Gasteiger partial charge is 0.306 e. The Balaban J connectivity index is 1.73. The van der Waals surface area contributed by atoms with Crippen molar-refractivity contribution in [2.45, 2.75) is 42.3 Å². The van der Waals surface area contributed by atoms with Crippen molar-refractivity contribution in [1.29, 1.82) is 0 Å². The van der Waals surface area contributed by atoms with E-state index in [4.69, 9.17) is 0 Å². The first-order chi connectivity index (χ1) is 9.24. The van der Waals surface area contributed by atoms with E-state index in [9.17, 15) is 0 Å². The summed E-state index contributed by atoms with van der Waals surface area (Å²) in [5.74, 6) is 0. The van der Waals surface area contributed by atoms with E-state index in [1.165, 1.54) is 27.3 Å². The maximum atomic E-state index is 3.74. The number of fused-ring (bicyclic) bond motifs is 1. The maximum absolute atomic E-state index is 3.74. The molecule has 0 aliphatic carbocycles. The molecule has 2 atom stereocenters. The lowest BCUT2D eigenvalue weighted by atomic mass is 10.0. The van der Waals surface area contributed by atoms with Crippen molar-refractivity contribution >= 4 is 23.1 Å². The Kier molecular flexibility index (Phi) is 3.96. The van der Waals surface area contributed by atoms with E-state index in [2.05, 4.69) is 54.9 Å². The maximum Gasteiger partial charge on any atom is 0.0649 e. The van der Waals surface area contributed by atoms with Gasteiger partial charge < -0.3 is 5.32 Å². The van der Waals surface area contributed by atoms with Crippen molar-refractivity contribution in [2.24, 2.45) is 0 Å². The van der Waals surface area contributed by atoms with Gasteiger partial charge in [0.05, 0.1) is 4.21 Å². The van der Waals surface area contributed by atoms with Crippen LogP contribution in [0.4, 0.5) is 0 Å². The Morgan fingerprint density at radius 1 is 1.26 bits per heavy atom. The van der Waals surface area contributed by atoms with E-state index in [0.717, 1.165) is 6.54 Å². The monoisotopic (exact) mass is 289 g/mol. The molecule has 3 rings (SSSR count). The average molecular weight is 289 g/mol. The highest BCUT2D eigenvalue weighted by atomic mass is 32.2. The number of rotatable bonds is 3. The molecule has 0 saturated heterocycles. The van der Waals surface area contributed by atoms with Crippen LogP contribution in [0.3, 0.4) is 0 Å². The molecule has 1 unspecified atom stereocenters. The minimum Gasteiger partial charge on any atom is -0.306 e. The van der Waals surface area contributed by atoms with Crippen LogP contribution in [0.15, 0.2) is 39.9 Å². The van der Waals surface area contributed by atoms with Crippen LogP contribution in [0, 0.1) is 6.92 Å². The quantitative estimate of drug-likeness (QED) is 0.873. The van der Waals surface area contributed by atoms with Crippen LogP contribution in [-0.4, -0.2) is 5.25 Å². The zero-order valence-corrected chi connectivity index (χ0v) is 13.0. The number of thiophene rings is 1. The molecule has 1 aliphatic rings. The highest BCUT2D eigenvalue weighted by Crippen LogP contribution is 2.43. The molecule has 1 aromatic heterocycles. The molecule has 0 fully saturated rings. The second kappa shape index (κ2) is 5.70. The number of benzene rings is 1. The number of hydrogen-bond donors (Lipinski definition) is 1. The van der Waals surface area contributed by atoms with Gasteiger partial charge >= 0.3 is 0 Å². The van der Waals surface area contributed by atoms with Crippen LogP contribution in [0.2, 0.25) is 0 Å². The average Bonchev–Trinajstić information content (AvgIpc) is 2.85. The molecule has 1 aromatic carbocycles. The number of nitrogens with one attached hydrogen (secondary N) is 1. The third-order valence-electron chi connectivity index (χ3n) is 3.71. The van der Waals surface area contributed by atoms with Crippen molar-refractivity contribution in [2.75, 3.05) is 0 Å². The SMILES string of the molecule is Cc1ccccc1CNC1C[C@H](C)Sc2sccc21. The zero-order chi connectivity index (χ0) is 13.2. The van der Waals surface area contributed by atoms with E-state index in [0.29, 0.717) is 11.3 Å². The molecule has 1 aliphatic heterocycles. The lowest BCUT2D eigenvalue weighted by molar-refractivity contribution is 0.487. The van der Waals surface area contributed by atoms with E-state index in [1.807, 2.05) is 23.1 Å². The zero-order valence-electron chi connectivity index (χ0n) is 11.3. The topological polar surface area (TPSA) is 12.0 Å². The molecule has 1 nitrogen and oxygen atoms in total. The third kappa shape index (κ3) is 2.88. The molecule has 0 radical (unpaired) electrons. The molecule has 19 heavy (non-hydrogen) atoms. The fraction of sp³-hybridized carbons (Fsp3) is 0.375. The molecular formula is C16H19NS2. The summed E-state index contributed by atoms with van der Waals surface area (Å²) >= 11 is 3.91. The number of thioether (sulfide) groups is 1. The molecule has 2 aromatic rings. The summed E-state index contributed by atoms with van der Waals surface area (Å²) in [7, 11) is 0. The van der Waals surface area contributed by atoms with Crippen LogP contribution < -0.4 is 5.32 Å². The molecule has 2 heterocycles. The minimum atomic E-state index is 0.511. The highest BCUT2D eigenvalue weighted by molar-refractivity contribution is 8.01. The predicted octanol–water partition coefficient (Wildman–Crippen LogP) is 4.77. The van der Waals surface area contributed by atoms with Crippen molar-refractivity contribution in [3.05, 3.63) is 52.4 Å². The van der Waals surface area contributed by atoms with Gasteiger partial charge in [0.15, 0.2) is 0 Å². The molecule has 100 valence electrons. The smallest absolute Gasteiger partial charge is 0.0649 e. The summed E-state index contributed by atoms with van der Waals surface area (Å²) < 4.78 is 1.50. The lowest BCUT2D eigenvalue weighted by Crippen LogP contribution is -2.26. The van der Waals surface area contributed by atoms with Gasteiger partial charge in [0.1, 0.15) is 0 Å². The van der Waals surface area contributed by atoms with Crippen molar-refractivity contribution in [1.82, 2.24) is 5.32 Å². The van der Waals surface area contributed by atoms with E-state index < -0.39 is 0 Å². The van der Waals surface area contributed by atoms with Crippen molar-refractivity contribution in [3.8, 4) is 0 Å². The highest BCUT2D eigenvalue weighted by Gasteiger charge is 2.25. The number of aryl methyl sites for hydroxylation is 1. The van der Waals surface area contributed by atoms with Gasteiger partial charge in [-0.3, -0.25) is 0 Å². The summed E-state index contributed by atoms with van der Waals surface area (Å²) in [5, 5.41) is 6.67. The Labute approximate surface area is 123 Å². The van der Waals surface area contributed by atoms with E-state index >= 15 is 0 Å². The summed E-state index contributed by atoms with van der Waals surface area (Å²) in [4.78, 5) is 0. The molecule has 1 N–H and O–H groups in total. The number of hydrogen-bond acceptors (Lipinski definition) is 3. The van der Waals surface area contributed by atoms with Crippen LogP contribution in [0.5, 0.6) is 0 Å². The summed E-state index contributed by atoms with van der Waals surface area (Å²) in [6, 6.07) is 11.4. The van der Waals surface area contributed by atoms with Gasteiger partial charge in [0.25, 0.3) is 0 Å². The van der Waals surface area contributed by atoms with Crippen LogP contribution in [0.1, 0.15) is 36.1 Å². The second-order valence-electron chi connectivity index (χ2n) is 5.19. The van der Waals surface area contributed by atoms with Gasteiger partial charge in [-0.25, -0.2) is 0 Å². The Hall–Kier alpha value is -0.770. The predicted molar refractivity (Wildman–Crippen MR) is 85.0 cm³/mol. The fourth-order valence-corrected chi connectivity index (χ4v) is 5.15. The van der Waals surface area contributed by atoms with Crippen LogP contribution in [-0.2, 0) is 6.54 Å². The lowest BCUT2D eigenvalue weighted by Gasteiger charge is -2.28. The first kappa shape index (κ1) is 13.2. The molecule has 0 saturated carbocycles. The first-order valence-corrected chi connectivity index (χ1v) is 8.52. The summed E-state index contributed by atoms with van der Waals surface area (Å²) in [6.45, 7) is 5.48. The molecule has 0 spiro atoms. The van der Waals surface area contributed by atoms with Gasteiger partial charge in [0.2, 0.25) is 0 Å². The van der Waals surface area contributed by atoms with Gasteiger partial charge in [-0.2, -0.15) is 0 Å². The third-order valence-corrected chi connectivity index (χ3v) is 6.05. The fourth-order valence-electron chi connectivity index (χ4n) is 2.58. The Morgan fingerprint density at radius 2 is 2.11 bits per heavy atom. The van der Waals surface area contributed by atoms with Crippen molar-refractivity contribution < 1.29 is 0 Å². The van der Waals surface area contributed by atoms with Gasteiger partial charge in [-0.05, 0) is 41.5 Å². The van der Waals surface area contributed by atoms with Crippen molar-refractivity contribution in [3.63, 3.8) is 0 Å². The minimum absolute atomic E-state index is 0.511. The summed E-state index contributed by atoms with van der Waals surface area (Å²) in [5.41, 5.74) is 4.28. The molecule has 0 amide bonds. The van der Waals surface area contributed by atoms with E-state index in [-0.39, 0.29) is 0 Å². The standard InChI is InChI=1S/C16H19NS2/c1-11-5-3-4-6-13(11)10-17-15-9-12(2)19-16-14(15)7-8-18-16/h3-8,12,15,17H,9-10H2,1-2H3/t12-,15?/m0/s1. The van der Waals surface area contributed by atoms with Gasteiger partial charge in [-0.15, -0.1) is 23.1 Å². The van der Waals surface area contributed by atoms with Crippen LogP contribution in [0.25, 0.3) is 0 Å². The Bertz CT molecular complexity index is 561. The molecular weight excluding hydrogens is 270 g/mol. The van der Waals surface area contributed by atoms with E-state index in [1.54, 1.807) is 0 Å². The molecule has 0 bridgehead atoms. The normalized spacial score (nSPS) is 22.2. The Morgan fingerprint density at radius 3 is 2.95 bits per heavy atom. The molecule has 3 heteroatoms. The first-order valence-electron chi connectivity index (χ1n) is 6.76. The summed E-state index contributed by atoms with van der Waals surface area (Å²) in [6.07, 6.45) is 1.22. The van der Waals surface area contributed by atoms with Crippen LogP contribution >= 0.6 is 23.1 Å². The van der Waals surface area contributed by atoms with Gasteiger partial charge in [-0.1, -0.05) is 31.2 Å². The second-order valence-corrected chi connectivity index (χ2v) is 7.81. The van der Waals surface area contributed by atoms with Gasteiger partial charge in [0, 0.05) is 17.8 Å².